The third-order valence-electron chi connectivity index (χ3n) is 4.91. The van der Waals surface area contributed by atoms with Gasteiger partial charge in [0.15, 0.2) is 0 Å². The molecule has 3 N–H and O–H groups in total. The lowest BCUT2D eigenvalue weighted by Crippen LogP contribution is -2.38. The number of hydrogen-bond acceptors (Lipinski definition) is 3. The summed E-state index contributed by atoms with van der Waals surface area (Å²) in [6, 6.07) is 15.7. The minimum atomic E-state index is -0.281. The highest BCUT2D eigenvalue weighted by molar-refractivity contribution is 6.39. The number of amides is 2. The lowest BCUT2D eigenvalue weighted by atomic mass is 9.90. The second-order valence-corrected chi connectivity index (χ2v) is 7.07. The van der Waals surface area contributed by atoms with Gasteiger partial charge >= 0.3 is 0 Å². The van der Waals surface area contributed by atoms with Crippen molar-refractivity contribution in [1.29, 1.82) is 0 Å². The molecule has 1 aliphatic heterocycles. The second kappa shape index (κ2) is 7.86. The zero-order valence-electron chi connectivity index (χ0n) is 15.0. The van der Waals surface area contributed by atoms with Crippen LogP contribution in [-0.4, -0.2) is 29.1 Å². The van der Waals surface area contributed by atoms with Gasteiger partial charge in [0.25, 0.3) is 5.91 Å². The summed E-state index contributed by atoms with van der Waals surface area (Å²) in [5.74, 6) is -0.589. The van der Waals surface area contributed by atoms with Gasteiger partial charge < -0.3 is 10.3 Å². The van der Waals surface area contributed by atoms with Gasteiger partial charge in [-0.1, -0.05) is 48.0 Å². The molecule has 0 aliphatic carbocycles. The van der Waals surface area contributed by atoms with Gasteiger partial charge in [0, 0.05) is 47.4 Å². The summed E-state index contributed by atoms with van der Waals surface area (Å²) < 4.78 is 0. The van der Waals surface area contributed by atoms with Gasteiger partial charge in [0.05, 0.1) is 0 Å². The van der Waals surface area contributed by atoms with E-state index in [1.807, 2.05) is 54.7 Å². The van der Waals surface area contributed by atoms with E-state index in [9.17, 15) is 9.59 Å². The average Bonchev–Trinajstić information content (AvgIpc) is 3.14. The van der Waals surface area contributed by atoms with Crippen LogP contribution in [0.3, 0.4) is 0 Å². The van der Waals surface area contributed by atoms with E-state index >= 15 is 0 Å². The fourth-order valence-electron chi connectivity index (χ4n) is 3.46. The summed E-state index contributed by atoms with van der Waals surface area (Å²) in [7, 11) is 0. The first-order valence-electron chi connectivity index (χ1n) is 9.07. The number of H-pyrrole nitrogens is 1. The maximum atomic E-state index is 12.5. The van der Waals surface area contributed by atoms with Gasteiger partial charge in [0.2, 0.25) is 5.91 Å². The van der Waals surface area contributed by atoms with Crippen molar-refractivity contribution in [2.75, 3.05) is 6.54 Å². The van der Waals surface area contributed by atoms with Crippen molar-refractivity contribution in [3.63, 3.8) is 0 Å². The number of aromatic nitrogens is 1. The van der Waals surface area contributed by atoms with Crippen LogP contribution in [0.5, 0.6) is 0 Å². The molecule has 0 bridgehead atoms. The van der Waals surface area contributed by atoms with E-state index in [0.717, 1.165) is 22.0 Å². The van der Waals surface area contributed by atoms with E-state index in [1.54, 1.807) is 0 Å². The number of hydrogen-bond donors (Lipinski definition) is 3. The van der Waals surface area contributed by atoms with Crippen molar-refractivity contribution < 1.29 is 9.59 Å². The SMILES string of the molecule is O=C1CCC(C(=O)NCC(c2ccccc2Cl)c2c[nH]c3ccccc23)=NN1. The fraction of sp³-hybridized carbons (Fsp3) is 0.190. The summed E-state index contributed by atoms with van der Waals surface area (Å²) >= 11 is 6.47. The second-order valence-electron chi connectivity index (χ2n) is 6.67. The van der Waals surface area contributed by atoms with E-state index in [4.69, 9.17) is 11.6 Å². The van der Waals surface area contributed by atoms with E-state index in [1.165, 1.54) is 0 Å². The quantitative estimate of drug-likeness (QED) is 0.620. The standard InChI is InChI=1S/C21H19ClN4O2/c22-17-7-3-1-5-13(17)15(16-11-23-18-8-4-2-6-14(16)18)12-24-21(28)19-9-10-20(27)26-25-19/h1-8,11,15,23H,9-10,12H2,(H,24,28)(H,26,27). The maximum Gasteiger partial charge on any atom is 0.267 e. The van der Waals surface area contributed by atoms with Crippen LogP contribution in [0.25, 0.3) is 10.9 Å². The molecule has 1 aliphatic rings. The van der Waals surface area contributed by atoms with Gasteiger partial charge in [-0.25, -0.2) is 5.43 Å². The Bertz CT molecular complexity index is 1070. The normalized spacial score (nSPS) is 15.0. The Labute approximate surface area is 167 Å². The summed E-state index contributed by atoms with van der Waals surface area (Å²) in [5.41, 5.74) is 5.71. The number of para-hydroxylation sites is 1. The number of fused-ring (bicyclic) bond motifs is 1. The Morgan fingerprint density at radius 1 is 1.11 bits per heavy atom. The Morgan fingerprint density at radius 2 is 1.89 bits per heavy atom. The molecule has 0 saturated heterocycles. The molecule has 4 rings (SSSR count). The molecule has 6 nitrogen and oxygen atoms in total. The minimum Gasteiger partial charge on any atom is -0.361 e. The van der Waals surface area contributed by atoms with Gasteiger partial charge in [-0.3, -0.25) is 9.59 Å². The summed E-state index contributed by atoms with van der Waals surface area (Å²) in [6.45, 7) is 0.359. The predicted molar refractivity (Wildman–Crippen MR) is 109 cm³/mol. The Morgan fingerprint density at radius 3 is 2.68 bits per heavy atom. The van der Waals surface area contributed by atoms with Crippen LogP contribution in [0, 0.1) is 0 Å². The average molecular weight is 395 g/mol. The Balaban J connectivity index is 1.64. The predicted octanol–water partition coefficient (Wildman–Crippen LogP) is 3.34. The molecule has 3 aromatic rings. The zero-order valence-corrected chi connectivity index (χ0v) is 15.8. The molecule has 1 aromatic heterocycles. The molecule has 2 heterocycles. The maximum absolute atomic E-state index is 12.5. The number of carbonyl (C=O) groups is 2. The first-order valence-corrected chi connectivity index (χ1v) is 9.45. The molecule has 7 heteroatoms. The van der Waals surface area contributed by atoms with Crippen LogP contribution in [0.1, 0.15) is 29.9 Å². The number of benzene rings is 2. The summed E-state index contributed by atoms with van der Waals surface area (Å²) in [4.78, 5) is 27.0. The van der Waals surface area contributed by atoms with Gasteiger partial charge in [-0.15, -0.1) is 0 Å². The summed E-state index contributed by atoms with van der Waals surface area (Å²) in [5, 5.41) is 8.55. The highest BCUT2D eigenvalue weighted by Crippen LogP contribution is 2.34. The number of halogens is 1. The van der Waals surface area contributed by atoms with Crippen molar-refractivity contribution in [2.45, 2.75) is 18.8 Å². The number of nitrogens with one attached hydrogen (secondary N) is 3. The van der Waals surface area contributed by atoms with Crippen LogP contribution >= 0.6 is 11.6 Å². The van der Waals surface area contributed by atoms with Crippen molar-refractivity contribution in [3.8, 4) is 0 Å². The van der Waals surface area contributed by atoms with Crippen LogP contribution in [0.4, 0.5) is 0 Å². The molecule has 28 heavy (non-hydrogen) atoms. The van der Waals surface area contributed by atoms with Gasteiger partial charge in [-0.05, 0) is 23.3 Å². The minimum absolute atomic E-state index is 0.132. The molecule has 0 radical (unpaired) electrons. The van der Waals surface area contributed by atoms with Crippen LogP contribution in [-0.2, 0) is 9.59 Å². The molecular formula is C21H19ClN4O2. The molecule has 0 saturated carbocycles. The summed E-state index contributed by atoms with van der Waals surface area (Å²) in [6.07, 6.45) is 2.56. The van der Waals surface area contributed by atoms with Crippen molar-refractivity contribution in [1.82, 2.24) is 15.7 Å². The van der Waals surface area contributed by atoms with Crippen molar-refractivity contribution in [2.24, 2.45) is 5.10 Å². The van der Waals surface area contributed by atoms with E-state index in [-0.39, 0.29) is 24.2 Å². The topological polar surface area (TPSA) is 86.3 Å². The molecule has 0 spiro atoms. The highest BCUT2D eigenvalue weighted by atomic mass is 35.5. The molecule has 0 fully saturated rings. The number of nitrogens with zero attached hydrogens (tertiary/aromatic N) is 1. The molecule has 142 valence electrons. The number of aromatic amines is 1. The Kier molecular flexibility index (Phi) is 5.12. The van der Waals surface area contributed by atoms with Gasteiger partial charge in [0.1, 0.15) is 5.71 Å². The largest absolute Gasteiger partial charge is 0.361 e. The van der Waals surface area contributed by atoms with Crippen molar-refractivity contribution >= 4 is 40.0 Å². The lowest BCUT2D eigenvalue weighted by molar-refractivity contribution is -0.121. The highest BCUT2D eigenvalue weighted by Gasteiger charge is 2.23. The first kappa shape index (κ1) is 18.3. The van der Waals surface area contributed by atoms with Crippen LogP contribution in [0.15, 0.2) is 59.8 Å². The molecule has 1 unspecified atom stereocenters. The van der Waals surface area contributed by atoms with Gasteiger partial charge in [-0.2, -0.15) is 5.10 Å². The monoisotopic (exact) mass is 394 g/mol. The van der Waals surface area contributed by atoms with E-state index in [2.05, 4.69) is 20.8 Å². The van der Waals surface area contributed by atoms with Crippen molar-refractivity contribution in [3.05, 3.63) is 70.9 Å². The number of carbonyl (C=O) groups excluding carboxylic acids is 2. The third-order valence-corrected chi connectivity index (χ3v) is 5.25. The lowest BCUT2D eigenvalue weighted by Gasteiger charge is -2.20. The first-order chi connectivity index (χ1) is 13.6. The van der Waals surface area contributed by atoms with Crippen LogP contribution < -0.4 is 10.7 Å². The third kappa shape index (κ3) is 3.64. The smallest absolute Gasteiger partial charge is 0.267 e. The number of hydrazone groups is 1. The molecule has 1 atom stereocenters. The van der Waals surface area contributed by atoms with E-state index < -0.39 is 0 Å². The molecular weight excluding hydrogens is 376 g/mol. The molecule has 2 amide bonds. The zero-order chi connectivity index (χ0) is 19.5. The molecule has 2 aromatic carbocycles. The Hall–Kier alpha value is -3.12. The number of rotatable bonds is 5. The van der Waals surface area contributed by atoms with E-state index in [0.29, 0.717) is 23.7 Å². The fourth-order valence-corrected chi connectivity index (χ4v) is 3.73. The van der Waals surface area contributed by atoms with Crippen LogP contribution in [0.2, 0.25) is 5.02 Å².